The molecule has 138 valence electrons. The average Bonchev–Trinajstić information content (AvgIpc) is 3.12. The number of halogens is 1. The van der Waals surface area contributed by atoms with Crippen LogP contribution in [-0.4, -0.2) is 11.8 Å². The zero-order chi connectivity index (χ0) is 19.6. The Hall–Kier alpha value is -3.41. The van der Waals surface area contributed by atoms with Crippen LogP contribution >= 0.6 is 0 Å². The Bertz CT molecular complexity index is 991. The van der Waals surface area contributed by atoms with E-state index in [1.54, 1.807) is 62.4 Å². The van der Waals surface area contributed by atoms with Crippen LogP contribution in [0.1, 0.15) is 30.0 Å². The van der Waals surface area contributed by atoms with E-state index in [4.69, 9.17) is 10.2 Å². The molecule has 1 heterocycles. The maximum absolute atomic E-state index is 13.8. The van der Waals surface area contributed by atoms with E-state index in [1.165, 1.54) is 12.1 Å². The zero-order valence-corrected chi connectivity index (χ0v) is 15.0. The molecule has 3 rings (SSSR count). The minimum Gasteiger partial charge on any atom is -0.451 e. The molecule has 0 saturated heterocycles. The summed E-state index contributed by atoms with van der Waals surface area (Å²) in [4.78, 5) is 23.9. The maximum Gasteiger partial charge on any atom is 0.291 e. The number of rotatable bonds is 5. The van der Waals surface area contributed by atoms with Gasteiger partial charge >= 0.3 is 0 Å². The summed E-state index contributed by atoms with van der Waals surface area (Å²) >= 11 is 0. The Labute approximate surface area is 156 Å². The molecule has 0 radical (unpaired) electrons. The van der Waals surface area contributed by atoms with Crippen molar-refractivity contribution in [2.24, 2.45) is 5.73 Å². The fourth-order valence-corrected chi connectivity index (χ4v) is 2.57. The third-order valence-electron chi connectivity index (χ3n) is 4.45. The van der Waals surface area contributed by atoms with Crippen LogP contribution in [0, 0.1) is 5.82 Å². The van der Waals surface area contributed by atoms with Crippen molar-refractivity contribution in [3.05, 3.63) is 77.8 Å². The number of carbonyl (C=O) groups excluding carboxylic acids is 2. The van der Waals surface area contributed by atoms with Crippen molar-refractivity contribution >= 4 is 17.5 Å². The third-order valence-corrected chi connectivity index (χ3v) is 4.45. The van der Waals surface area contributed by atoms with Crippen molar-refractivity contribution in [3.8, 4) is 11.3 Å². The molecule has 0 fully saturated rings. The molecular weight excluding hydrogens is 347 g/mol. The van der Waals surface area contributed by atoms with Gasteiger partial charge in [0, 0.05) is 5.69 Å². The first-order valence-corrected chi connectivity index (χ1v) is 8.35. The highest BCUT2D eigenvalue weighted by atomic mass is 19.1. The summed E-state index contributed by atoms with van der Waals surface area (Å²) in [6, 6.07) is 16.0. The van der Waals surface area contributed by atoms with Gasteiger partial charge < -0.3 is 15.5 Å². The van der Waals surface area contributed by atoms with E-state index < -0.39 is 23.0 Å². The van der Waals surface area contributed by atoms with Crippen LogP contribution in [0.4, 0.5) is 10.1 Å². The lowest BCUT2D eigenvalue weighted by atomic mass is 9.84. The fourth-order valence-electron chi connectivity index (χ4n) is 2.57. The number of benzene rings is 2. The first kappa shape index (κ1) is 18.4. The van der Waals surface area contributed by atoms with Crippen LogP contribution in [0.15, 0.2) is 65.1 Å². The largest absolute Gasteiger partial charge is 0.451 e. The molecule has 3 N–H and O–H groups in total. The highest BCUT2D eigenvalue weighted by Gasteiger charge is 2.27. The standard InChI is InChI=1S/C21H19FN2O3/c1-21(2,20(23)26)13-7-9-14(10-8-13)24-19(25)18-12-11-17(27-18)15-5-3-4-6-16(15)22/h3-12H,1-2H3,(H2,23,26)(H,24,25). The van der Waals surface area contributed by atoms with E-state index in [0.717, 1.165) is 5.56 Å². The molecule has 0 aliphatic carbocycles. The molecule has 0 aliphatic rings. The number of hydrogen-bond acceptors (Lipinski definition) is 3. The number of furan rings is 1. The van der Waals surface area contributed by atoms with Crippen LogP contribution < -0.4 is 11.1 Å². The SMILES string of the molecule is CC(C)(C(N)=O)c1ccc(NC(=O)c2ccc(-c3ccccc3F)o2)cc1. The average molecular weight is 366 g/mol. The minimum atomic E-state index is -0.807. The summed E-state index contributed by atoms with van der Waals surface area (Å²) in [6.07, 6.45) is 0. The van der Waals surface area contributed by atoms with E-state index in [0.29, 0.717) is 5.69 Å². The second-order valence-electron chi connectivity index (χ2n) is 6.66. The van der Waals surface area contributed by atoms with Crippen molar-refractivity contribution in [2.75, 3.05) is 5.32 Å². The van der Waals surface area contributed by atoms with Crippen molar-refractivity contribution < 1.29 is 18.4 Å². The lowest BCUT2D eigenvalue weighted by Crippen LogP contribution is -2.35. The monoisotopic (exact) mass is 366 g/mol. The second-order valence-corrected chi connectivity index (χ2v) is 6.66. The van der Waals surface area contributed by atoms with Gasteiger partial charge in [-0.15, -0.1) is 0 Å². The molecule has 6 heteroatoms. The summed E-state index contributed by atoms with van der Waals surface area (Å²) in [5.41, 5.74) is 6.17. The molecule has 27 heavy (non-hydrogen) atoms. The van der Waals surface area contributed by atoms with Crippen molar-refractivity contribution in [3.63, 3.8) is 0 Å². The van der Waals surface area contributed by atoms with Crippen molar-refractivity contribution in [1.82, 2.24) is 0 Å². The molecule has 0 atom stereocenters. The van der Waals surface area contributed by atoms with Gasteiger partial charge in [0.15, 0.2) is 5.76 Å². The molecule has 2 amide bonds. The first-order chi connectivity index (χ1) is 12.8. The van der Waals surface area contributed by atoms with Gasteiger partial charge in [-0.2, -0.15) is 0 Å². The predicted molar refractivity (Wildman–Crippen MR) is 101 cm³/mol. The highest BCUT2D eigenvalue weighted by molar-refractivity contribution is 6.02. The van der Waals surface area contributed by atoms with Gasteiger partial charge in [0.2, 0.25) is 5.91 Å². The molecular formula is C21H19FN2O3. The smallest absolute Gasteiger partial charge is 0.291 e. The summed E-state index contributed by atoms with van der Waals surface area (Å²) in [5.74, 6) is -0.979. The molecule has 2 aromatic carbocycles. The topological polar surface area (TPSA) is 85.3 Å². The molecule has 0 spiro atoms. The molecule has 0 unspecified atom stereocenters. The van der Waals surface area contributed by atoms with Crippen molar-refractivity contribution in [1.29, 1.82) is 0 Å². The highest BCUT2D eigenvalue weighted by Crippen LogP contribution is 2.26. The number of carbonyl (C=O) groups is 2. The van der Waals surface area contributed by atoms with Crippen molar-refractivity contribution in [2.45, 2.75) is 19.3 Å². The second kappa shape index (κ2) is 7.07. The van der Waals surface area contributed by atoms with Crippen LogP contribution in [0.3, 0.4) is 0 Å². The third kappa shape index (κ3) is 3.74. The molecule has 5 nitrogen and oxygen atoms in total. The number of anilines is 1. The summed E-state index contributed by atoms with van der Waals surface area (Å²) in [6.45, 7) is 3.46. The van der Waals surface area contributed by atoms with Gasteiger partial charge in [-0.1, -0.05) is 24.3 Å². The predicted octanol–water partition coefficient (Wildman–Crippen LogP) is 4.10. The zero-order valence-electron chi connectivity index (χ0n) is 15.0. The van der Waals surface area contributed by atoms with E-state index in [-0.39, 0.29) is 17.1 Å². The molecule has 0 bridgehead atoms. The van der Waals surface area contributed by atoms with E-state index in [1.807, 2.05) is 0 Å². The number of primary amides is 1. The quantitative estimate of drug-likeness (QED) is 0.713. The van der Waals surface area contributed by atoms with E-state index >= 15 is 0 Å². The lowest BCUT2D eigenvalue weighted by molar-refractivity contribution is -0.122. The summed E-state index contributed by atoms with van der Waals surface area (Å²) < 4.78 is 19.3. The van der Waals surface area contributed by atoms with Crippen LogP contribution in [0.5, 0.6) is 0 Å². The minimum absolute atomic E-state index is 0.0646. The van der Waals surface area contributed by atoms with Gasteiger partial charge in [-0.3, -0.25) is 9.59 Å². The Morgan fingerprint density at radius 3 is 2.30 bits per heavy atom. The van der Waals surface area contributed by atoms with Crippen LogP contribution in [-0.2, 0) is 10.2 Å². The Morgan fingerprint density at radius 2 is 1.67 bits per heavy atom. The number of amides is 2. The normalized spacial score (nSPS) is 11.2. The van der Waals surface area contributed by atoms with E-state index in [2.05, 4.69) is 5.32 Å². The summed E-state index contributed by atoms with van der Waals surface area (Å²) in [5, 5.41) is 2.70. The van der Waals surface area contributed by atoms with Crippen LogP contribution in [0.2, 0.25) is 0 Å². The fraction of sp³-hybridized carbons (Fsp3) is 0.143. The number of nitrogens with two attached hydrogens (primary N) is 1. The van der Waals surface area contributed by atoms with Gasteiger partial charge in [0.25, 0.3) is 5.91 Å². The molecule has 3 aromatic rings. The number of hydrogen-bond donors (Lipinski definition) is 2. The Morgan fingerprint density at radius 1 is 1.00 bits per heavy atom. The lowest BCUT2D eigenvalue weighted by Gasteiger charge is -2.21. The first-order valence-electron chi connectivity index (χ1n) is 8.35. The molecule has 1 aromatic heterocycles. The number of nitrogens with one attached hydrogen (secondary N) is 1. The van der Waals surface area contributed by atoms with Gasteiger partial charge in [0.05, 0.1) is 11.0 Å². The van der Waals surface area contributed by atoms with Crippen LogP contribution in [0.25, 0.3) is 11.3 Å². The summed E-state index contributed by atoms with van der Waals surface area (Å²) in [7, 11) is 0. The Balaban J connectivity index is 1.75. The molecule has 0 aliphatic heterocycles. The van der Waals surface area contributed by atoms with Gasteiger partial charge in [-0.05, 0) is 55.8 Å². The van der Waals surface area contributed by atoms with Gasteiger partial charge in [0.1, 0.15) is 11.6 Å². The maximum atomic E-state index is 13.8. The molecule has 0 saturated carbocycles. The van der Waals surface area contributed by atoms with E-state index in [9.17, 15) is 14.0 Å². The Kier molecular flexibility index (Phi) is 4.81. The van der Waals surface area contributed by atoms with Gasteiger partial charge in [-0.25, -0.2) is 4.39 Å².